The number of aromatic nitrogens is 1. The highest BCUT2D eigenvalue weighted by atomic mass is 32.2. The Morgan fingerprint density at radius 1 is 1.19 bits per heavy atom. The minimum atomic E-state index is -4.03. The molecule has 1 aromatic heterocycles. The first-order valence-electron chi connectivity index (χ1n) is 9.19. The lowest BCUT2D eigenvalue weighted by molar-refractivity contribution is -0.384. The summed E-state index contributed by atoms with van der Waals surface area (Å²) in [5.74, 6) is -0.588. The third-order valence-corrected chi connectivity index (χ3v) is 6.39. The number of nitro benzene ring substituents is 1. The molecule has 1 heterocycles. The second kappa shape index (κ2) is 9.60. The summed E-state index contributed by atoms with van der Waals surface area (Å²) in [5.41, 5.74) is 0.198. The molecular formula is C20H20N4O6S. The van der Waals surface area contributed by atoms with Gasteiger partial charge in [-0.05, 0) is 24.3 Å². The standard InChI is InChI=1S/C20H20N4O6S/c1-30-12-11-23(14-20(25)22-16-5-7-17(8-6-16)24(26)27)31(28,29)19-4-2-3-15-13-21-10-9-18(15)19/h2-10,13H,11-12,14H2,1H3,(H,22,25). The molecule has 0 unspecified atom stereocenters. The van der Waals surface area contributed by atoms with Crippen LogP contribution in [0.25, 0.3) is 10.8 Å². The lowest BCUT2D eigenvalue weighted by Gasteiger charge is -2.22. The number of nitrogens with one attached hydrogen (secondary N) is 1. The van der Waals surface area contributed by atoms with Crippen LogP contribution in [0.5, 0.6) is 0 Å². The number of hydrogen-bond donors (Lipinski definition) is 1. The van der Waals surface area contributed by atoms with Crippen LogP contribution in [-0.2, 0) is 19.6 Å². The Hall–Kier alpha value is -3.41. The molecule has 0 radical (unpaired) electrons. The van der Waals surface area contributed by atoms with Gasteiger partial charge in [-0.2, -0.15) is 4.31 Å². The minimum absolute atomic E-state index is 0.0337. The summed E-state index contributed by atoms with van der Waals surface area (Å²) in [7, 11) is -2.59. The predicted molar refractivity (Wildman–Crippen MR) is 114 cm³/mol. The highest BCUT2D eigenvalue weighted by molar-refractivity contribution is 7.89. The van der Waals surface area contributed by atoms with E-state index in [2.05, 4.69) is 10.3 Å². The number of fused-ring (bicyclic) bond motifs is 1. The number of pyridine rings is 1. The van der Waals surface area contributed by atoms with Crippen LogP contribution in [0.1, 0.15) is 0 Å². The smallest absolute Gasteiger partial charge is 0.269 e. The highest BCUT2D eigenvalue weighted by Gasteiger charge is 2.28. The van der Waals surface area contributed by atoms with Gasteiger partial charge in [0.2, 0.25) is 15.9 Å². The zero-order valence-corrected chi connectivity index (χ0v) is 17.4. The van der Waals surface area contributed by atoms with E-state index in [0.717, 1.165) is 4.31 Å². The van der Waals surface area contributed by atoms with E-state index in [1.165, 1.54) is 43.6 Å². The van der Waals surface area contributed by atoms with Crippen molar-refractivity contribution in [2.75, 3.05) is 32.1 Å². The predicted octanol–water partition coefficient (Wildman–Crippen LogP) is 2.42. The average molecular weight is 444 g/mol. The number of sulfonamides is 1. The normalized spacial score (nSPS) is 11.5. The first kappa shape index (κ1) is 22.3. The largest absolute Gasteiger partial charge is 0.383 e. The molecular weight excluding hydrogens is 424 g/mol. The second-order valence-electron chi connectivity index (χ2n) is 6.54. The second-order valence-corrected chi connectivity index (χ2v) is 8.44. The van der Waals surface area contributed by atoms with E-state index in [-0.39, 0.29) is 23.7 Å². The maximum absolute atomic E-state index is 13.4. The molecule has 0 aliphatic carbocycles. The summed E-state index contributed by atoms with van der Waals surface area (Å²) in [6.07, 6.45) is 3.07. The number of non-ortho nitro benzene ring substituents is 1. The van der Waals surface area contributed by atoms with Gasteiger partial charge in [-0.3, -0.25) is 19.9 Å². The van der Waals surface area contributed by atoms with Crippen molar-refractivity contribution in [1.82, 2.24) is 9.29 Å². The fraction of sp³-hybridized carbons (Fsp3) is 0.200. The molecule has 0 fully saturated rings. The number of ether oxygens (including phenoxy) is 1. The van der Waals surface area contributed by atoms with Gasteiger partial charge in [-0.15, -0.1) is 0 Å². The maximum Gasteiger partial charge on any atom is 0.269 e. The molecule has 0 saturated heterocycles. The van der Waals surface area contributed by atoms with Crippen molar-refractivity contribution < 1.29 is 22.9 Å². The van der Waals surface area contributed by atoms with Crippen LogP contribution in [0.2, 0.25) is 0 Å². The van der Waals surface area contributed by atoms with Gasteiger partial charge in [0.05, 0.1) is 23.0 Å². The van der Waals surface area contributed by atoms with Gasteiger partial charge >= 0.3 is 0 Å². The number of nitrogens with zero attached hydrogens (tertiary/aromatic N) is 3. The number of methoxy groups -OCH3 is 1. The lowest BCUT2D eigenvalue weighted by atomic mass is 10.2. The number of nitro groups is 1. The van der Waals surface area contributed by atoms with Crippen molar-refractivity contribution in [3.63, 3.8) is 0 Å². The maximum atomic E-state index is 13.4. The van der Waals surface area contributed by atoms with E-state index >= 15 is 0 Å². The number of rotatable bonds is 9. The third-order valence-electron chi connectivity index (χ3n) is 4.49. The van der Waals surface area contributed by atoms with Crippen molar-refractivity contribution in [1.29, 1.82) is 0 Å². The zero-order chi connectivity index (χ0) is 22.4. The number of amides is 1. The van der Waals surface area contributed by atoms with Crippen LogP contribution in [0.3, 0.4) is 0 Å². The molecule has 1 amide bonds. The lowest BCUT2D eigenvalue weighted by Crippen LogP contribution is -2.40. The van der Waals surface area contributed by atoms with Gasteiger partial charge in [0.15, 0.2) is 0 Å². The molecule has 0 aliphatic heterocycles. The first-order chi connectivity index (χ1) is 14.8. The molecule has 1 N–H and O–H groups in total. The summed E-state index contributed by atoms with van der Waals surface area (Å²) in [5, 5.41) is 14.5. The summed E-state index contributed by atoms with van der Waals surface area (Å²) in [6, 6.07) is 11.7. The number of anilines is 1. The summed E-state index contributed by atoms with van der Waals surface area (Å²) in [6.45, 7) is -0.394. The molecule has 162 valence electrons. The molecule has 11 heteroatoms. The van der Waals surface area contributed by atoms with Gasteiger partial charge in [0.1, 0.15) is 0 Å². The summed E-state index contributed by atoms with van der Waals surface area (Å²) in [4.78, 5) is 26.8. The van der Waals surface area contributed by atoms with Gasteiger partial charge in [-0.1, -0.05) is 12.1 Å². The molecule has 0 saturated carbocycles. The number of benzene rings is 2. The molecule has 3 aromatic rings. The van der Waals surface area contributed by atoms with Crippen molar-refractivity contribution in [2.45, 2.75) is 4.90 Å². The zero-order valence-electron chi connectivity index (χ0n) is 16.6. The Kier molecular flexibility index (Phi) is 6.90. The molecule has 3 rings (SSSR count). The Bertz CT molecular complexity index is 1190. The van der Waals surface area contributed by atoms with Crippen molar-refractivity contribution in [2.24, 2.45) is 0 Å². The quantitative estimate of drug-likeness (QED) is 0.396. The Morgan fingerprint density at radius 3 is 2.61 bits per heavy atom. The number of hydrogen-bond acceptors (Lipinski definition) is 7. The Morgan fingerprint density at radius 2 is 1.94 bits per heavy atom. The van der Waals surface area contributed by atoms with Gasteiger partial charge in [-0.25, -0.2) is 8.42 Å². The Labute approximate surface area is 178 Å². The van der Waals surface area contributed by atoms with Crippen LogP contribution in [0.15, 0.2) is 65.8 Å². The summed E-state index contributed by atoms with van der Waals surface area (Å²) < 4.78 is 32.8. The van der Waals surface area contributed by atoms with E-state index in [4.69, 9.17) is 4.74 Å². The van der Waals surface area contributed by atoms with Gasteiger partial charge in [0, 0.05) is 54.6 Å². The average Bonchev–Trinajstić information content (AvgIpc) is 2.76. The number of carbonyl (C=O) groups excluding carboxylic acids is 1. The third kappa shape index (κ3) is 5.20. The van der Waals surface area contributed by atoms with Crippen LogP contribution in [-0.4, -0.2) is 55.3 Å². The fourth-order valence-corrected chi connectivity index (χ4v) is 4.56. The molecule has 0 atom stereocenters. The highest BCUT2D eigenvalue weighted by Crippen LogP contribution is 2.25. The topological polar surface area (TPSA) is 132 Å². The van der Waals surface area contributed by atoms with E-state index in [9.17, 15) is 23.3 Å². The van der Waals surface area contributed by atoms with Crippen LogP contribution in [0.4, 0.5) is 11.4 Å². The monoisotopic (exact) mass is 444 g/mol. The van der Waals surface area contributed by atoms with Gasteiger partial charge < -0.3 is 10.1 Å². The van der Waals surface area contributed by atoms with E-state index in [1.54, 1.807) is 24.4 Å². The molecule has 10 nitrogen and oxygen atoms in total. The van der Waals surface area contributed by atoms with E-state index < -0.39 is 27.4 Å². The first-order valence-corrected chi connectivity index (χ1v) is 10.6. The van der Waals surface area contributed by atoms with Crippen LogP contribution >= 0.6 is 0 Å². The van der Waals surface area contributed by atoms with E-state index in [1.807, 2.05) is 0 Å². The van der Waals surface area contributed by atoms with Crippen molar-refractivity contribution in [3.8, 4) is 0 Å². The Balaban J connectivity index is 1.85. The van der Waals surface area contributed by atoms with Crippen molar-refractivity contribution >= 4 is 38.1 Å². The molecule has 31 heavy (non-hydrogen) atoms. The summed E-state index contributed by atoms with van der Waals surface area (Å²) >= 11 is 0. The van der Waals surface area contributed by atoms with Gasteiger partial charge in [0.25, 0.3) is 5.69 Å². The van der Waals surface area contributed by atoms with Crippen LogP contribution < -0.4 is 5.32 Å². The van der Waals surface area contributed by atoms with E-state index in [0.29, 0.717) is 16.5 Å². The molecule has 0 aliphatic rings. The number of carbonyl (C=O) groups is 1. The molecule has 2 aromatic carbocycles. The van der Waals surface area contributed by atoms with Crippen LogP contribution in [0, 0.1) is 10.1 Å². The fourth-order valence-electron chi connectivity index (χ4n) is 2.96. The SMILES string of the molecule is COCCN(CC(=O)Nc1ccc([N+](=O)[O-])cc1)S(=O)(=O)c1cccc2cnccc12. The minimum Gasteiger partial charge on any atom is -0.383 e. The van der Waals surface area contributed by atoms with Crippen molar-refractivity contribution in [3.05, 3.63) is 71.0 Å². The molecule has 0 spiro atoms. The molecule has 0 bridgehead atoms.